The summed E-state index contributed by atoms with van der Waals surface area (Å²) in [5, 5.41) is 5.75. The first-order valence-corrected chi connectivity index (χ1v) is 9.07. The van der Waals surface area contributed by atoms with Crippen LogP contribution in [0.15, 0.2) is 30.3 Å². The molecule has 3 rings (SSSR count). The number of carbonyl (C=O) groups excluding carboxylic acids is 2. The molecular weight excluding hydrogens is 320 g/mol. The highest BCUT2D eigenvalue weighted by Crippen LogP contribution is 2.18. The van der Waals surface area contributed by atoms with Crippen molar-refractivity contribution in [1.29, 1.82) is 0 Å². The average Bonchev–Trinajstić information content (AvgIpc) is 3.33. The molecule has 6 heteroatoms. The van der Waals surface area contributed by atoms with Crippen molar-refractivity contribution >= 4 is 11.8 Å². The van der Waals surface area contributed by atoms with Crippen molar-refractivity contribution in [3.05, 3.63) is 35.9 Å². The van der Waals surface area contributed by atoms with Crippen LogP contribution in [-0.4, -0.2) is 50.3 Å². The van der Waals surface area contributed by atoms with Gasteiger partial charge in [-0.25, -0.2) is 0 Å². The second kappa shape index (κ2) is 8.97. The van der Waals surface area contributed by atoms with Crippen LogP contribution < -0.4 is 10.6 Å². The maximum absolute atomic E-state index is 12.7. The first-order chi connectivity index (χ1) is 12.2. The summed E-state index contributed by atoms with van der Waals surface area (Å²) in [6, 6.07) is 9.16. The van der Waals surface area contributed by atoms with E-state index in [1.54, 1.807) is 0 Å². The minimum atomic E-state index is -0.857. The zero-order valence-corrected chi connectivity index (χ0v) is 14.4. The molecule has 2 aliphatic heterocycles. The molecule has 0 bridgehead atoms. The quantitative estimate of drug-likeness (QED) is 0.731. The lowest BCUT2D eigenvalue weighted by atomic mass is 9.97. The summed E-state index contributed by atoms with van der Waals surface area (Å²) in [7, 11) is 0. The van der Waals surface area contributed by atoms with Crippen LogP contribution in [0, 0.1) is 0 Å². The van der Waals surface area contributed by atoms with E-state index in [-0.39, 0.29) is 24.0 Å². The first kappa shape index (κ1) is 17.9. The highest BCUT2D eigenvalue weighted by molar-refractivity contribution is 6.05. The topological polar surface area (TPSA) is 76.7 Å². The van der Waals surface area contributed by atoms with Crippen molar-refractivity contribution in [3.63, 3.8) is 0 Å². The van der Waals surface area contributed by atoms with Gasteiger partial charge in [0.15, 0.2) is 0 Å². The minimum Gasteiger partial charge on any atom is -0.376 e. The molecule has 0 saturated carbocycles. The van der Waals surface area contributed by atoms with E-state index in [0.717, 1.165) is 38.9 Å². The average molecular weight is 346 g/mol. The highest BCUT2D eigenvalue weighted by atomic mass is 16.5. The number of ether oxygens (including phenoxy) is 2. The van der Waals surface area contributed by atoms with E-state index in [9.17, 15) is 9.59 Å². The Morgan fingerprint density at radius 2 is 1.44 bits per heavy atom. The number of hydrogen-bond acceptors (Lipinski definition) is 4. The van der Waals surface area contributed by atoms with Gasteiger partial charge in [-0.15, -0.1) is 0 Å². The van der Waals surface area contributed by atoms with Gasteiger partial charge < -0.3 is 20.1 Å². The van der Waals surface area contributed by atoms with E-state index < -0.39 is 5.92 Å². The molecule has 0 aromatic heterocycles. The molecule has 0 radical (unpaired) electrons. The van der Waals surface area contributed by atoms with Gasteiger partial charge in [-0.1, -0.05) is 30.3 Å². The molecule has 136 valence electrons. The molecule has 2 N–H and O–H groups in total. The van der Waals surface area contributed by atoms with Crippen molar-refractivity contribution in [1.82, 2.24) is 10.6 Å². The molecule has 6 nitrogen and oxygen atoms in total. The zero-order valence-electron chi connectivity index (χ0n) is 14.4. The van der Waals surface area contributed by atoms with Gasteiger partial charge in [0.1, 0.15) is 5.92 Å². The number of nitrogens with one attached hydrogen (secondary N) is 2. The molecule has 2 saturated heterocycles. The summed E-state index contributed by atoms with van der Waals surface area (Å²) in [5.41, 5.74) is 0.692. The van der Waals surface area contributed by atoms with Crippen LogP contribution in [0.5, 0.6) is 0 Å². The van der Waals surface area contributed by atoms with Gasteiger partial charge in [0, 0.05) is 26.3 Å². The summed E-state index contributed by atoms with van der Waals surface area (Å²) >= 11 is 0. The molecule has 0 spiro atoms. The van der Waals surface area contributed by atoms with Gasteiger partial charge in [-0.3, -0.25) is 9.59 Å². The Morgan fingerprint density at radius 3 is 1.88 bits per heavy atom. The van der Waals surface area contributed by atoms with Gasteiger partial charge in [0.2, 0.25) is 11.8 Å². The molecule has 2 atom stereocenters. The normalized spacial score (nSPS) is 24.0. The lowest BCUT2D eigenvalue weighted by molar-refractivity contribution is -0.132. The van der Waals surface area contributed by atoms with Crippen LogP contribution in [0.2, 0.25) is 0 Å². The summed E-state index contributed by atoms with van der Waals surface area (Å²) in [6.45, 7) is 2.37. The summed E-state index contributed by atoms with van der Waals surface area (Å²) < 4.78 is 11.1. The summed E-state index contributed by atoms with van der Waals surface area (Å²) in [5.74, 6) is -1.43. The second-order valence-corrected chi connectivity index (χ2v) is 6.60. The Morgan fingerprint density at radius 1 is 0.920 bits per heavy atom. The Hall–Kier alpha value is -1.92. The molecule has 2 unspecified atom stereocenters. The van der Waals surface area contributed by atoms with E-state index in [1.165, 1.54) is 0 Å². The standard InChI is InChI=1S/C19H26N2O4/c22-18(20-12-15-8-4-10-24-15)17(14-6-2-1-3-7-14)19(23)21-13-16-9-5-11-25-16/h1-3,6-7,15-17H,4-5,8-13H2,(H,20,22)(H,21,23). The molecule has 1 aromatic rings. The van der Waals surface area contributed by atoms with Crippen molar-refractivity contribution in [2.45, 2.75) is 43.8 Å². The number of carbonyl (C=O) groups is 2. The van der Waals surface area contributed by atoms with Gasteiger partial charge in [0.25, 0.3) is 0 Å². The molecule has 0 aliphatic carbocycles. The lowest BCUT2D eigenvalue weighted by Gasteiger charge is -2.19. The van der Waals surface area contributed by atoms with E-state index in [4.69, 9.17) is 9.47 Å². The summed E-state index contributed by atoms with van der Waals surface area (Å²) in [6.07, 6.45) is 4.03. The maximum atomic E-state index is 12.7. The molecule has 2 fully saturated rings. The minimum absolute atomic E-state index is 0.0512. The van der Waals surface area contributed by atoms with E-state index in [0.29, 0.717) is 18.7 Å². The van der Waals surface area contributed by atoms with Crippen LogP contribution in [0.1, 0.15) is 37.2 Å². The van der Waals surface area contributed by atoms with Crippen LogP contribution >= 0.6 is 0 Å². The van der Waals surface area contributed by atoms with E-state index in [2.05, 4.69) is 10.6 Å². The third-order valence-electron chi connectivity index (χ3n) is 4.71. The van der Waals surface area contributed by atoms with Crippen LogP contribution in [0.4, 0.5) is 0 Å². The molecule has 2 heterocycles. The monoisotopic (exact) mass is 346 g/mol. The molecular formula is C19H26N2O4. The SMILES string of the molecule is O=C(NCC1CCCO1)C(C(=O)NCC1CCCO1)c1ccccc1. The Labute approximate surface area is 148 Å². The molecule has 1 aromatic carbocycles. The number of amides is 2. The van der Waals surface area contributed by atoms with E-state index >= 15 is 0 Å². The van der Waals surface area contributed by atoms with Gasteiger partial charge >= 0.3 is 0 Å². The Balaban J connectivity index is 1.61. The van der Waals surface area contributed by atoms with Crippen LogP contribution in [0.3, 0.4) is 0 Å². The maximum Gasteiger partial charge on any atom is 0.237 e. The third kappa shape index (κ3) is 5.03. The number of hydrogen-bond donors (Lipinski definition) is 2. The predicted octanol–water partition coefficient (Wildman–Crippen LogP) is 1.36. The second-order valence-electron chi connectivity index (χ2n) is 6.60. The molecule has 2 amide bonds. The Bertz CT molecular complexity index is 534. The number of rotatable bonds is 7. The lowest BCUT2D eigenvalue weighted by Crippen LogP contribution is -2.43. The fourth-order valence-corrected chi connectivity index (χ4v) is 3.31. The van der Waals surface area contributed by atoms with Crippen molar-refractivity contribution in [2.75, 3.05) is 26.3 Å². The fraction of sp³-hybridized carbons (Fsp3) is 0.579. The molecule has 2 aliphatic rings. The van der Waals surface area contributed by atoms with Crippen molar-refractivity contribution in [2.24, 2.45) is 0 Å². The van der Waals surface area contributed by atoms with Crippen LogP contribution in [0.25, 0.3) is 0 Å². The largest absolute Gasteiger partial charge is 0.376 e. The zero-order chi connectivity index (χ0) is 17.5. The Kier molecular flexibility index (Phi) is 6.42. The van der Waals surface area contributed by atoms with Gasteiger partial charge in [-0.2, -0.15) is 0 Å². The van der Waals surface area contributed by atoms with Crippen molar-refractivity contribution < 1.29 is 19.1 Å². The summed E-state index contributed by atoms with van der Waals surface area (Å²) in [4.78, 5) is 25.4. The number of benzene rings is 1. The third-order valence-corrected chi connectivity index (χ3v) is 4.71. The molecule has 25 heavy (non-hydrogen) atoms. The smallest absolute Gasteiger partial charge is 0.237 e. The predicted molar refractivity (Wildman–Crippen MR) is 93.2 cm³/mol. The first-order valence-electron chi connectivity index (χ1n) is 9.07. The van der Waals surface area contributed by atoms with Gasteiger partial charge in [-0.05, 0) is 31.2 Å². The van der Waals surface area contributed by atoms with Gasteiger partial charge in [0.05, 0.1) is 12.2 Å². The van der Waals surface area contributed by atoms with Crippen molar-refractivity contribution in [3.8, 4) is 0 Å². The van der Waals surface area contributed by atoms with Crippen LogP contribution in [-0.2, 0) is 19.1 Å². The fourth-order valence-electron chi connectivity index (χ4n) is 3.31. The highest BCUT2D eigenvalue weighted by Gasteiger charge is 2.30. The van der Waals surface area contributed by atoms with E-state index in [1.807, 2.05) is 30.3 Å².